The standard InChI is InChI=1S/C22H18F2N8OS/c1-12-3-4-14(8-25-12)5-6-19(33)15-7-16(32-17(20(23)24)10-27-30-32)21-26-9-18(31(21)11-15)22-29-28-13(2)34-22/h3-4,7-11,20H,5-6H2,1-2H3. The molecule has 0 bridgehead atoms. The molecule has 0 saturated carbocycles. The van der Waals surface area contributed by atoms with E-state index in [4.69, 9.17) is 0 Å². The predicted molar refractivity (Wildman–Crippen MR) is 120 cm³/mol. The van der Waals surface area contributed by atoms with E-state index in [1.807, 2.05) is 26.0 Å². The maximum absolute atomic E-state index is 13.6. The molecule has 0 aliphatic carbocycles. The number of pyridine rings is 2. The van der Waals surface area contributed by atoms with Crippen LogP contribution < -0.4 is 0 Å². The third-order valence-electron chi connectivity index (χ3n) is 5.29. The maximum atomic E-state index is 13.6. The van der Waals surface area contributed by atoms with Crippen LogP contribution in [0.1, 0.15) is 45.2 Å². The molecule has 5 aromatic rings. The average molecular weight is 481 g/mol. The Morgan fingerprint density at radius 2 is 1.97 bits per heavy atom. The van der Waals surface area contributed by atoms with Gasteiger partial charge in [-0.2, -0.15) is 0 Å². The van der Waals surface area contributed by atoms with Gasteiger partial charge in [-0.15, -0.1) is 15.3 Å². The SMILES string of the molecule is Cc1ccc(CCC(=O)c2cc(-n3nncc3C(F)F)c3ncc(-c4nnc(C)s4)n3c2)cn1. The van der Waals surface area contributed by atoms with Gasteiger partial charge >= 0.3 is 0 Å². The third-order valence-corrected chi connectivity index (χ3v) is 6.16. The molecule has 0 unspecified atom stereocenters. The third kappa shape index (κ3) is 4.07. The second-order valence-corrected chi connectivity index (χ2v) is 8.86. The van der Waals surface area contributed by atoms with Gasteiger partial charge in [-0.05, 0) is 38.0 Å². The number of rotatable bonds is 7. The second kappa shape index (κ2) is 8.78. The van der Waals surface area contributed by atoms with Gasteiger partial charge in [0.2, 0.25) is 0 Å². The van der Waals surface area contributed by atoms with Crippen LogP contribution in [0.2, 0.25) is 0 Å². The minimum absolute atomic E-state index is 0.157. The van der Waals surface area contributed by atoms with Gasteiger partial charge in [0.05, 0.1) is 12.4 Å². The van der Waals surface area contributed by atoms with Gasteiger partial charge in [-0.3, -0.25) is 14.2 Å². The fraction of sp³-hybridized carbons (Fsp3) is 0.227. The number of hydrogen-bond acceptors (Lipinski definition) is 8. The van der Waals surface area contributed by atoms with E-state index >= 15 is 0 Å². The minimum Gasteiger partial charge on any atom is -0.295 e. The molecule has 34 heavy (non-hydrogen) atoms. The molecular formula is C22H18F2N8OS. The molecule has 5 heterocycles. The average Bonchev–Trinajstić information content (AvgIpc) is 3.57. The molecule has 0 radical (unpaired) electrons. The summed E-state index contributed by atoms with van der Waals surface area (Å²) in [4.78, 5) is 21.8. The molecule has 12 heteroatoms. The number of halogens is 2. The van der Waals surface area contributed by atoms with E-state index in [9.17, 15) is 13.6 Å². The first-order valence-electron chi connectivity index (χ1n) is 10.4. The number of ketones is 1. The zero-order chi connectivity index (χ0) is 23.8. The van der Waals surface area contributed by atoms with Gasteiger partial charge in [-0.1, -0.05) is 22.6 Å². The highest BCUT2D eigenvalue weighted by atomic mass is 32.1. The number of nitrogens with zero attached hydrogens (tertiary/aromatic N) is 8. The fourth-order valence-corrected chi connectivity index (χ4v) is 4.26. The molecule has 0 spiro atoms. The smallest absolute Gasteiger partial charge is 0.282 e. The molecule has 0 amide bonds. The number of alkyl halides is 2. The Bertz CT molecular complexity index is 1490. The van der Waals surface area contributed by atoms with Crippen molar-refractivity contribution in [2.24, 2.45) is 0 Å². The lowest BCUT2D eigenvalue weighted by atomic mass is 10.0. The van der Waals surface area contributed by atoms with Crippen molar-refractivity contribution in [1.29, 1.82) is 0 Å². The molecule has 0 aliphatic heterocycles. The van der Waals surface area contributed by atoms with Crippen molar-refractivity contribution < 1.29 is 13.6 Å². The topological polar surface area (TPSA) is 104 Å². The molecule has 0 fully saturated rings. The highest BCUT2D eigenvalue weighted by molar-refractivity contribution is 7.14. The number of carbonyl (C=O) groups is 1. The number of Topliss-reactive ketones (excluding diaryl/α,β-unsaturated/α-hetero) is 1. The van der Waals surface area contributed by atoms with Crippen molar-refractivity contribution in [3.63, 3.8) is 0 Å². The summed E-state index contributed by atoms with van der Waals surface area (Å²) in [5.41, 5.74) is 2.93. The number of aromatic nitrogens is 8. The molecule has 0 N–H and O–H groups in total. The van der Waals surface area contributed by atoms with Crippen molar-refractivity contribution in [3.8, 4) is 16.4 Å². The highest BCUT2D eigenvalue weighted by Crippen LogP contribution is 2.29. The van der Waals surface area contributed by atoms with Crippen molar-refractivity contribution in [2.45, 2.75) is 33.1 Å². The van der Waals surface area contributed by atoms with E-state index in [1.165, 1.54) is 17.4 Å². The van der Waals surface area contributed by atoms with E-state index in [0.29, 0.717) is 28.3 Å². The van der Waals surface area contributed by atoms with Crippen molar-refractivity contribution in [1.82, 2.24) is 39.6 Å². The second-order valence-electron chi connectivity index (χ2n) is 7.68. The molecule has 0 aliphatic rings. The number of hydrogen-bond donors (Lipinski definition) is 0. The zero-order valence-corrected chi connectivity index (χ0v) is 19.0. The Morgan fingerprint density at radius 3 is 2.68 bits per heavy atom. The molecular weight excluding hydrogens is 462 g/mol. The van der Waals surface area contributed by atoms with Crippen molar-refractivity contribution >= 4 is 22.8 Å². The first-order valence-corrected chi connectivity index (χ1v) is 11.2. The predicted octanol–water partition coefficient (Wildman–Crippen LogP) is 4.20. The Kier molecular flexibility index (Phi) is 5.65. The summed E-state index contributed by atoms with van der Waals surface area (Å²) in [6, 6.07) is 5.34. The fourth-order valence-electron chi connectivity index (χ4n) is 3.56. The van der Waals surface area contributed by atoms with Crippen LogP contribution in [0.4, 0.5) is 8.78 Å². The number of carbonyl (C=O) groups excluding carboxylic acids is 1. The van der Waals surface area contributed by atoms with Crippen LogP contribution in [0.15, 0.2) is 43.0 Å². The minimum atomic E-state index is -2.80. The van der Waals surface area contributed by atoms with Gasteiger partial charge in [0.15, 0.2) is 16.4 Å². The largest absolute Gasteiger partial charge is 0.295 e. The van der Waals surface area contributed by atoms with Crippen LogP contribution in [0.5, 0.6) is 0 Å². The monoisotopic (exact) mass is 480 g/mol. The summed E-state index contributed by atoms with van der Waals surface area (Å²) in [5, 5.41) is 17.0. The summed E-state index contributed by atoms with van der Waals surface area (Å²) in [5.74, 6) is -0.157. The number of aryl methyl sites for hydroxylation is 3. The quantitative estimate of drug-likeness (QED) is 0.322. The summed E-state index contributed by atoms with van der Waals surface area (Å²) in [6.07, 6.45) is 3.87. The van der Waals surface area contributed by atoms with Crippen molar-refractivity contribution in [2.75, 3.05) is 0 Å². The summed E-state index contributed by atoms with van der Waals surface area (Å²) in [6.45, 7) is 3.72. The van der Waals surface area contributed by atoms with Crippen LogP contribution in [-0.2, 0) is 6.42 Å². The van der Waals surface area contributed by atoms with Gasteiger partial charge in [0, 0.05) is 30.1 Å². The molecule has 0 atom stereocenters. The van der Waals surface area contributed by atoms with Crippen LogP contribution in [0, 0.1) is 13.8 Å². The van der Waals surface area contributed by atoms with E-state index in [2.05, 4.69) is 30.5 Å². The van der Waals surface area contributed by atoms with Crippen LogP contribution >= 0.6 is 11.3 Å². The van der Waals surface area contributed by atoms with E-state index in [-0.39, 0.29) is 17.9 Å². The van der Waals surface area contributed by atoms with Crippen molar-refractivity contribution in [3.05, 3.63) is 70.5 Å². The number of imidazole rings is 1. The van der Waals surface area contributed by atoms with Gasteiger partial charge in [-0.25, -0.2) is 18.4 Å². The molecule has 9 nitrogen and oxygen atoms in total. The first kappa shape index (κ1) is 21.9. The van der Waals surface area contributed by atoms with E-state index in [0.717, 1.165) is 27.1 Å². The molecule has 5 rings (SSSR count). The van der Waals surface area contributed by atoms with E-state index < -0.39 is 12.1 Å². The molecule has 5 aromatic heterocycles. The number of fused-ring (bicyclic) bond motifs is 1. The van der Waals surface area contributed by atoms with Gasteiger partial charge in [0.1, 0.15) is 22.1 Å². The Balaban J connectivity index is 1.60. The lowest BCUT2D eigenvalue weighted by Crippen LogP contribution is -2.10. The van der Waals surface area contributed by atoms with Crippen LogP contribution in [-0.4, -0.2) is 45.3 Å². The molecule has 172 valence electrons. The Labute approximate surface area is 196 Å². The Hall–Kier alpha value is -3.93. The zero-order valence-electron chi connectivity index (χ0n) is 18.2. The van der Waals surface area contributed by atoms with Gasteiger partial charge < -0.3 is 0 Å². The van der Waals surface area contributed by atoms with Crippen LogP contribution in [0.3, 0.4) is 0 Å². The maximum Gasteiger partial charge on any atom is 0.282 e. The summed E-state index contributed by atoms with van der Waals surface area (Å²) < 4.78 is 29.9. The lowest BCUT2D eigenvalue weighted by molar-refractivity contribution is 0.0982. The normalized spacial score (nSPS) is 11.6. The summed E-state index contributed by atoms with van der Waals surface area (Å²) in [7, 11) is 0. The molecule has 0 aromatic carbocycles. The lowest BCUT2D eigenvalue weighted by Gasteiger charge is -2.11. The van der Waals surface area contributed by atoms with Crippen LogP contribution in [0.25, 0.3) is 22.0 Å². The molecule has 0 saturated heterocycles. The van der Waals surface area contributed by atoms with E-state index in [1.54, 1.807) is 23.0 Å². The Morgan fingerprint density at radius 1 is 1.12 bits per heavy atom. The first-order chi connectivity index (χ1) is 16.4. The summed E-state index contributed by atoms with van der Waals surface area (Å²) >= 11 is 1.36. The highest BCUT2D eigenvalue weighted by Gasteiger charge is 2.22. The van der Waals surface area contributed by atoms with Gasteiger partial charge in [0.25, 0.3) is 6.43 Å².